The van der Waals surface area contributed by atoms with E-state index in [1.54, 1.807) is 6.08 Å². The molecular weight excluding hydrogens is 238 g/mol. The van der Waals surface area contributed by atoms with Crippen LogP contribution in [-0.2, 0) is 11.2 Å². The van der Waals surface area contributed by atoms with E-state index >= 15 is 0 Å². The molecule has 0 N–H and O–H groups in total. The lowest BCUT2D eigenvalue weighted by Crippen LogP contribution is -2.37. The van der Waals surface area contributed by atoms with Crippen molar-refractivity contribution in [2.45, 2.75) is 25.0 Å². The van der Waals surface area contributed by atoms with Crippen LogP contribution in [0.15, 0.2) is 18.7 Å². The van der Waals surface area contributed by atoms with Crippen molar-refractivity contribution in [2.75, 3.05) is 18.1 Å². The smallest absolute Gasteiger partial charge is 0.136 e. The van der Waals surface area contributed by atoms with Gasteiger partial charge in [0.1, 0.15) is 16.8 Å². The minimum absolute atomic E-state index is 0.358. The van der Waals surface area contributed by atoms with E-state index in [1.165, 1.54) is 0 Å². The molecule has 90 valence electrons. The molecule has 5 heteroatoms. The van der Waals surface area contributed by atoms with Gasteiger partial charge in [-0.05, 0) is 6.42 Å². The predicted octanol–water partition coefficient (Wildman–Crippen LogP) is 1.84. The summed E-state index contributed by atoms with van der Waals surface area (Å²) in [7, 11) is 0. The van der Waals surface area contributed by atoms with E-state index in [0.29, 0.717) is 23.7 Å². The Kier molecular flexibility index (Phi) is 2.76. The molecule has 2 aliphatic heterocycles. The number of fused-ring (bicyclic) bond motifs is 2. The molecule has 2 bridgehead atoms. The summed E-state index contributed by atoms with van der Waals surface area (Å²) in [6.07, 6.45) is 3.88. The zero-order valence-corrected chi connectivity index (χ0v) is 10.2. The number of nitrogens with zero attached hydrogens (tertiary/aromatic N) is 3. The summed E-state index contributed by atoms with van der Waals surface area (Å²) < 4.78 is 5.58. The minimum Gasteiger partial charge on any atom is -0.374 e. The van der Waals surface area contributed by atoms with Crippen LogP contribution in [0.3, 0.4) is 0 Å². The van der Waals surface area contributed by atoms with Crippen molar-refractivity contribution >= 4 is 17.4 Å². The molecule has 3 heterocycles. The van der Waals surface area contributed by atoms with Gasteiger partial charge >= 0.3 is 0 Å². The van der Waals surface area contributed by atoms with E-state index < -0.39 is 0 Å². The fourth-order valence-corrected chi connectivity index (χ4v) is 2.69. The Morgan fingerprint density at radius 1 is 1.59 bits per heavy atom. The van der Waals surface area contributed by atoms with Crippen LogP contribution in [0.25, 0.3) is 0 Å². The first-order chi connectivity index (χ1) is 8.26. The third-order valence-corrected chi connectivity index (χ3v) is 3.44. The summed E-state index contributed by atoms with van der Waals surface area (Å²) in [5.41, 5.74) is 0. The second-order valence-electron chi connectivity index (χ2n) is 4.46. The Labute approximate surface area is 105 Å². The summed E-state index contributed by atoms with van der Waals surface area (Å²) >= 11 is 6.02. The molecule has 3 rings (SSSR count). The molecule has 2 aliphatic rings. The van der Waals surface area contributed by atoms with Crippen LogP contribution >= 0.6 is 11.6 Å². The predicted molar refractivity (Wildman–Crippen MR) is 66.4 cm³/mol. The molecular formula is C12H14ClN3O. The Morgan fingerprint density at radius 3 is 3.12 bits per heavy atom. The highest BCUT2D eigenvalue weighted by Gasteiger charge is 2.39. The van der Waals surface area contributed by atoms with Gasteiger partial charge in [0, 0.05) is 19.0 Å². The molecule has 0 amide bonds. The second kappa shape index (κ2) is 4.27. The third kappa shape index (κ3) is 2.03. The summed E-state index contributed by atoms with van der Waals surface area (Å²) in [5, 5.41) is 0.496. The number of anilines is 1. The maximum atomic E-state index is 6.02. The number of halogens is 1. The van der Waals surface area contributed by atoms with Crippen molar-refractivity contribution in [3.8, 4) is 0 Å². The first-order valence-corrected chi connectivity index (χ1v) is 6.16. The normalized spacial score (nSPS) is 26.5. The number of hydrogen-bond acceptors (Lipinski definition) is 4. The van der Waals surface area contributed by atoms with Crippen LogP contribution in [-0.4, -0.2) is 35.3 Å². The van der Waals surface area contributed by atoms with E-state index in [-0.39, 0.29) is 0 Å². The molecule has 4 nitrogen and oxygen atoms in total. The zero-order valence-electron chi connectivity index (χ0n) is 9.47. The van der Waals surface area contributed by atoms with E-state index in [0.717, 1.165) is 31.2 Å². The quantitative estimate of drug-likeness (QED) is 0.607. The molecule has 0 aliphatic carbocycles. The average molecular weight is 252 g/mol. The zero-order chi connectivity index (χ0) is 11.8. The highest BCUT2D eigenvalue weighted by Crippen LogP contribution is 2.32. The lowest BCUT2D eigenvalue weighted by Gasteiger charge is -2.28. The summed E-state index contributed by atoms with van der Waals surface area (Å²) in [6, 6.07) is 2.28. The van der Waals surface area contributed by atoms with Crippen molar-refractivity contribution in [1.29, 1.82) is 0 Å². The van der Waals surface area contributed by atoms with Crippen molar-refractivity contribution < 1.29 is 4.74 Å². The number of hydrogen-bond donors (Lipinski definition) is 0. The van der Waals surface area contributed by atoms with Gasteiger partial charge in [-0.3, -0.25) is 0 Å². The standard InChI is InChI=1S/C12H14ClN3O/c1-2-3-11-14-10(13)5-12(15-11)16-6-9-4-8(16)7-17-9/h2,5,8-9H,1,3-4,6-7H2. The number of rotatable bonds is 3. The lowest BCUT2D eigenvalue weighted by atomic mass is 10.2. The van der Waals surface area contributed by atoms with Gasteiger partial charge < -0.3 is 9.64 Å². The summed E-state index contributed by atoms with van der Waals surface area (Å²) in [4.78, 5) is 11.0. The Bertz CT molecular complexity index is 451. The Balaban J connectivity index is 1.89. The van der Waals surface area contributed by atoms with E-state index in [4.69, 9.17) is 16.3 Å². The molecule has 1 aromatic heterocycles. The van der Waals surface area contributed by atoms with E-state index in [1.807, 2.05) is 6.07 Å². The van der Waals surface area contributed by atoms with E-state index in [2.05, 4.69) is 21.4 Å². The SMILES string of the molecule is C=CCc1nc(Cl)cc(N2CC3CC2CO3)n1. The monoisotopic (exact) mass is 251 g/mol. The Morgan fingerprint density at radius 2 is 2.47 bits per heavy atom. The molecule has 2 fully saturated rings. The van der Waals surface area contributed by atoms with Crippen molar-refractivity contribution in [2.24, 2.45) is 0 Å². The molecule has 2 atom stereocenters. The molecule has 17 heavy (non-hydrogen) atoms. The van der Waals surface area contributed by atoms with Gasteiger partial charge in [0.25, 0.3) is 0 Å². The molecule has 1 aromatic rings. The number of allylic oxidation sites excluding steroid dienone is 1. The van der Waals surface area contributed by atoms with Crippen LogP contribution in [0.4, 0.5) is 5.82 Å². The first kappa shape index (κ1) is 11.0. The molecule has 0 aromatic carbocycles. The fourth-order valence-electron chi connectivity index (χ4n) is 2.50. The summed E-state index contributed by atoms with van der Waals surface area (Å²) in [6.45, 7) is 5.40. The second-order valence-corrected chi connectivity index (χ2v) is 4.84. The number of aromatic nitrogens is 2. The average Bonchev–Trinajstić information content (AvgIpc) is 2.90. The van der Waals surface area contributed by atoms with Crippen molar-refractivity contribution in [3.63, 3.8) is 0 Å². The minimum atomic E-state index is 0.358. The topological polar surface area (TPSA) is 38.2 Å². The molecule has 2 saturated heterocycles. The van der Waals surface area contributed by atoms with Crippen molar-refractivity contribution in [3.05, 3.63) is 29.7 Å². The maximum absolute atomic E-state index is 6.02. The van der Waals surface area contributed by atoms with Crippen LogP contribution in [0, 0.1) is 0 Å². The number of ether oxygens (including phenoxy) is 1. The van der Waals surface area contributed by atoms with Gasteiger partial charge in [-0.2, -0.15) is 0 Å². The van der Waals surface area contributed by atoms with Crippen LogP contribution < -0.4 is 4.90 Å². The largest absolute Gasteiger partial charge is 0.374 e. The maximum Gasteiger partial charge on any atom is 0.136 e. The Hall–Kier alpha value is -1.13. The van der Waals surface area contributed by atoms with Gasteiger partial charge in [0.2, 0.25) is 0 Å². The van der Waals surface area contributed by atoms with Gasteiger partial charge in [0.15, 0.2) is 0 Å². The van der Waals surface area contributed by atoms with E-state index in [9.17, 15) is 0 Å². The van der Waals surface area contributed by atoms with Gasteiger partial charge in [0.05, 0.1) is 18.8 Å². The molecule has 0 spiro atoms. The lowest BCUT2D eigenvalue weighted by molar-refractivity contribution is 0.0988. The summed E-state index contributed by atoms with van der Waals surface area (Å²) in [5.74, 6) is 1.64. The van der Waals surface area contributed by atoms with Crippen LogP contribution in [0.5, 0.6) is 0 Å². The highest BCUT2D eigenvalue weighted by molar-refractivity contribution is 6.29. The van der Waals surface area contributed by atoms with Crippen LogP contribution in [0.2, 0.25) is 5.15 Å². The van der Waals surface area contributed by atoms with Crippen LogP contribution in [0.1, 0.15) is 12.2 Å². The van der Waals surface area contributed by atoms with Gasteiger partial charge in [-0.15, -0.1) is 6.58 Å². The van der Waals surface area contributed by atoms with Gasteiger partial charge in [-0.25, -0.2) is 9.97 Å². The highest BCUT2D eigenvalue weighted by atomic mass is 35.5. The third-order valence-electron chi connectivity index (χ3n) is 3.25. The number of morpholine rings is 1. The molecule has 0 radical (unpaired) electrons. The molecule has 2 unspecified atom stereocenters. The van der Waals surface area contributed by atoms with Gasteiger partial charge in [-0.1, -0.05) is 17.7 Å². The fraction of sp³-hybridized carbons (Fsp3) is 0.500. The first-order valence-electron chi connectivity index (χ1n) is 5.79. The van der Waals surface area contributed by atoms with Crippen molar-refractivity contribution in [1.82, 2.24) is 9.97 Å². The molecule has 0 saturated carbocycles.